The Morgan fingerprint density at radius 3 is 2.74 bits per heavy atom. The number of nitrogens with zero attached hydrogens (tertiary/aromatic N) is 1. The number of rotatable bonds is 4. The topological polar surface area (TPSA) is 68.0 Å². The third kappa shape index (κ3) is 3.77. The van der Waals surface area contributed by atoms with Gasteiger partial charge in [0.05, 0.1) is 11.9 Å². The second-order valence-electron chi connectivity index (χ2n) is 4.12. The van der Waals surface area contributed by atoms with Gasteiger partial charge in [0.1, 0.15) is 11.6 Å². The van der Waals surface area contributed by atoms with E-state index >= 15 is 0 Å². The van der Waals surface area contributed by atoms with E-state index in [4.69, 9.17) is 5.73 Å². The van der Waals surface area contributed by atoms with E-state index in [0.29, 0.717) is 23.5 Å². The molecule has 5 heteroatoms. The lowest BCUT2D eigenvalue weighted by Crippen LogP contribution is -2.13. The first-order chi connectivity index (χ1) is 9.15. The first kappa shape index (κ1) is 13.0. The molecule has 3 N–H and O–H groups in total. The van der Waals surface area contributed by atoms with E-state index in [9.17, 15) is 9.18 Å². The molecule has 0 aliphatic carbocycles. The maximum Gasteiger partial charge on any atom is 0.225 e. The minimum Gasteiger partial charge on any atom is -0.397 e. The standard InChI is InChI=1S/C14H14FN3O/c15-12-4-2-1-3-10(12)5-8-14(19)18-13-7-6-11(16)9-17-13/h1-4,6-7,9H,5,8,16H2,(H,17,18,19). The van der Waals surface area contributed by atoms with Crippen molar-refractivity contribution in [3.05, 3.63) is 54.0 Å². The molecule has 0 aliphatic rings. The van der Waals surface area contributed by atoms with Crippen LogP contribution in [0.25, 0.3) is 0 Å². The molecule has 0 spiro atoms. The van der Waals surface area contributed by atoms with Crippen LogP contribution in [0, 0.1) is 5.82 Å². The molecule has 0 aliphatic heterocycles. The Kier molecular flexibility index (Phi) is 4.07. The molecule has 1 aromatic carbocycles. The summed E-state index contributed by atoms with van der Waals surface area (Å²) in [6, 6.07) is 9.70. The van der Waals surface area contributed by atoms with Crippen molar-refractivity contribution in [2.75, 3.05) is 11.1 Å². The fraction of sp³-hybridized carbons (Fsp3) is 0.143. The SMILES string of the molecule is Nc1ccc(NC(=O)CCc2ccccc2F)nc1. The fourth-order valence-electron chi connectivity index (χ4n) is 1.63. The number of nitrogens with one attached hydrogen (secondary N) is 1. The zero-order valence-electron chi connectivity index (χ0n) is 10.3. The zero-order chi connectivity index (χ0) is 13.7. The Bertz CT molecular complexity index is 569. The normalized spacial score (nSPS) is 10.2. The third-order valence-corrected chi connectivity index (χ3v) is 2.63. The molecule has 0 bridgehead atoms. The van der Waals surface area contributed by atoms with Crippen LogP contribution in [0.4, 0.5) is 15.9 Å². The van der Waals surface area contributed by atoms with Crippen LogP contribution >= 0.6 is 0 Å². The molecule has 1 amide bonds. The van der Waals surface area contributed by atoms with Crippen molar-refractivity contribution < 1.29 is 9.18 Å². The van der Waals surface area contributed by atoms with Crippen molar-refractivity contribution in [2.24, 2.45) is 0 Å². The summed E-state index contributed by atoms with van der Waals surface area (Å²) in [7, 11) is 0. The van der Waals surface area contributed by atoms with E-state index in [1.165, 1.54) is 12.3 Å². The summed E-state index contributed by atoms with van der Waals surface area (Å²) in [6.07, 6.45) is 2.02. The van der Waals surface area contributed by atoms with Crippen molar-refractivity contribution in [3.63, 3.8) is 0 Å². The Morgan fingerprint density at radius 2 is 2.05 bits per heavy atom. The second-order valence-corrected chi connectivity index (χ2v) is 4.12. The van der Waals surface area contributed by atoms with E-state index in [-0.39, 0.29) is 18.1 Å². The molecule has 1 heterocycles. The summed E-state index contributed by atoms with van der Waals surface area (Å²) in [6.45, 7) is 0. The number of hydrogen-bond donors (Lipinski definition) is 2. The highest BCUT2D eigenvalue weighted by Crippen LogP contribution is 2.10. The highest BCUT2D eigenvalue weighted by molar-refractivity contribution is 5.89. The van der Waals surface area contributed by atoms with E-state index in [2.05, 4.69) is 10.3 Å². The van der Waals surface area contributed by atoms with Crippen molar-refractivity contribution in [2.45, 2.75) is 12.8 Å². The number of pyridine rings is 1. The molecule has 0 radical (unpaired) electrons. The lowest BCUT2D eigenvalue weighted by Gasteiger charge is -2.05. The van der Waals surface area contributed by atoms with Gasteiger partial charge in [0.2, 0.25) is 5.91 Å². The molecular weight excluding hydrogens is 245 g/mol. The number of benzene rings is 1. The number of anilines is 2. The van der Waals surface area contributed by atoms with Crippen LogP contribution in [-0.4, -0.2) is 10.9 Å². The minimum absolute atomic E-state index is 0.201. The number of amides is 1. The predicted octanol–water partition coefficient (Wildman–Crippen LogP) is 2.37. The number of carbonyl (C=O) groups is 1. The molecule has 0 saturated heterocycles. The van der Waals surface area contributed by atoms with Gasteiger partial charge in [-0.05, 0) is 30.2 Å². The Balaban J connectivity index is 1.88. The van der Waals surface area contributed by atoms with Crippen LogP contribution in [0.15, 0.2) is 42.6 Å². The van der Waals surface area contributed by atoms with Gasteiger partial charge in [-0.1, -0.05) is 18.2 Å². The lowest BCUT2D eigenvalue weighted by atomic mass is 10.1. The Labute approximate surface area is 110 Å². The predicted molar refractivity (Wildman–Crippen MR) is 72.0 cm³/mol. The van der Waals surface area contributed by atoms with Crippen LogP contribution in [0.3, 0.4) is 0 Å². The van der Waals surface area contributed by atoms with E-state index in [1.54, 1.807) is 30.3 Å². The van der Waals surface area contributed by atoms with Gasteiger partial charge in [-0.15, -0.1) is 0 Å². The number of carbonyl (C=O) groups excluding carboxylic acids is 1. The van der Waals surface area contributed by atoms with Crippen LogP contribution in [0.2, 0.25) is 0 Å². The largest absolute Gasteiger partial charge is 0.397 e. The third-order valence-electron chi connectivity index (χ3n) is 2.63. The smallest absolute Gasteiger partial charge is 0.225 e. The van der Waals surface area contributed by atoms with Gasteiger partial charge in [0.25, 0.3) is 0 Å². The van der Waals surface area contributed by atoms with Crippen LogP contribution in [-0.2, 0) is 11.2 Å². The van der Waals surface area contributed by atoms with Gasteiger partial charge in [-0.2, -0.15) is 0 Å². The molecule has 2 rings (SSSR count). The molecule has 0 atom stereocenters. The Hall–Kier alpha value is -2.43. The summed E-state index contributed by atoms with van der Waals surface area (Å²) in [4.78, 5) is 15.6. The van der Waals surface area contributed by atoms with Crippen molar-refractivity contribution in [1.29, 1.82) is 0 Å². The number of hydrogen-bond acceptors (Lipinski definition) is 3. The summed E-state index contributed by atoms with van der Waals surface area (Å²) in [5.41, 5.74) is 6.55. The highest BCUT2D eigenvalue weighted by Gasteiger charge is 2.06. The maximum absolute atomic E-state index is 13.4. The molecule has 1 aromatic heterocycles. The van der Waals surface area contributed by atoms with Crippen molar-refractivity contribution in [3.8, 4) is 0 Å². The fourth-order valence-corrected chi connectivity index (χ4v) is 1.63. The van der Waals surface area contributed by atoms with Gasteiger partial charge < -0.3 is 11.1 Å². The molecular formula is C14H14FN3O. The number of halogens is 1. The van der Waals surface area contributed by atoms with E-state index in [0.717, 1.165) is 0 Å². The van der Waals surface area contributed by atoms with Crippen molar-refractivity contribution >= 4 is 17.4 Å². The molecule has 4 nitrogen and oxygen atoms in total. The lowest BCUT2D eigenvalue weighted by molar-refractivity contribution is -0.116. The van der Waals surface area contributed by atoms with Gasteiger partial charge in [-0.25, -0.2) is 9.37 Å². The Morgan fingerprint density at radius 1 is 1.26 bits per heavy atom. The highest BCUT2D eigenvalue weighted by atomic mass is 19.1. The van der Waals surface area contributed by atoms with Gasteiger partial charge in [0.15, 0.2) is 0 Å². The zero-order valence-corrected chi connectivity index (χ0v) is 10.3. The average molecular weight is 259 g/mol. The molecule has 0 unspecified atom stereocenters. The first-order valence-corrected chi connectivity index (χ1v) is 5.90. The van der Waals surface area contributed by atoms with Gasteiger partial charge >= 0.3 is 0 Å². The average Bonchev–Trinajstić information content (AvgIpc) is 2.40. The summed E-state index contributed by atoms with van der Waals surface area (Å²) >= 11 is 0. The molecule has 2 aromatic rings. The summed E-state index contributed by atoms with van der Waals surface area (Å²) in [5.74, 6) is -0.0610. The number of aromatic nitrogens is 1. The number of nitrogens with two attached hydrogens (primary N) is 1. The van der Waals surface area contributed by atoms with E-state index in [1.807, 2.05) is 0 Å². The first-order valence-electron chi connectivity index (χ1n) is 5.90. The van der Waals surface area contributed by atoms with Crippen LogP contribution in [0.1, 0.15) is 12.0 Å². The summed E-state index contributed by atoms with van der Waals surface area (Å²) in [5, 5.41) is 2.63. The van der Waals surface area contributed by atoms with Gasteiger partial charge in [-0.3, -0.25) is 4.79 Å². The van der Waals surface area contributed by atoms with E-state index < -0.39 is 0 Å². The molecule has 98 valence electrons. The molecule has 19 heavy (non-hydrogen) atoms. The van der Waals surface area contributed by atoms with Crippen molar-refractivity contribution in [1.82, 2.24) is 4.98 Å². The molecule has 0 fully saturated rings. The molecule has 0 saturated carbocycles. The van der Waals surface area contributed by atoms with Crippen LogP contribution < -0.4 is 11.1 Å². The number of aryl methyl sites for hydroxylation is 1. The second kappa shape index (κ2) is 5.95. The van der Waals surface area contributed by atoms with Crippen LogP contribution in [0.5, 0.6) is 0 Å². The number of nitrogen functional groups attached to an aromatic ring is 1. The monoisotopic (exact) mass is 259 g/mol. The maximum atomic E-state index is 13.4. The minimum atomic E-state index is -0.291. The quantitative estimate of drug-likeness (QED) is 0.885. The summed E-state index contributed by atoms with van der Waals surface area (Å²) < 4.78 is 13.4. The van der Waals surface area contributed by atoms with Gasteiger partial charge in [0, 0.05) is 6.42 Å².